The van der Waals surface area contributed by atoms with E-state index in [4.69, 9.17) is 4.74 Å². The molecule has 4 saturated carbocycles. The molecule has 162 valence electrons. The smallest absolute Gasteiger partial charge is 0.303 e. The molecule has 2 heteroatoms. The normalized spacial score (nSPS) is 44.1. The zero-order valence-electron chi connectivity index (χ0n) is 19.0. The van der Waals surface area contributed by atoms with Gasteiger partial charge in [0.05, 0.1) is 0 Å². The van der Waals surface area contributed by atoms with Crippen LogP contribution in [0.5, 0.6) is 0 Å². The van der Waals surface area contributed by atoms with Gasteiger partial charge in [0, 0.05) is 12.3 Å². The molecule has 4 fully saturated rings. The lowest BCUT2D eigenvalue weighted by Gasteiger charge is -2.55. The van der Waals surface area contributed by atoms with Crippen molar-refractivity contribution in [1.82, 2.24) is 0 Å². The van der Waals surface area contributed by atoms with Crippen LogP contribution < -0.4 is 0 Å². The molecule has 8 atom stereocenters. The summed E-state index contributed by atoms with van der Waals surface area (Å²) in [5, 5.41) is 0. The Morgan fingerprint density at radius 3 is 2.57 bits per heavy atom. The molecule has 0 aliphatic heterocycles. The van der Waals surface area contributed by atoms with Gasteiger partial charge in [-0.3, -0.25) is 4.79 Å². The van der Waals surface area contributed by atoms with Gasteiger partial charge in [-0.05, 0) is 91.6 Å². The van der Waals surface area contributed by atoms with Crippen molar-refractivity contribution in [3.8, 4) is 0 Å². The standard InChI is InChI=1S/C28H38O2/c1-18-9-12-25-21(13-18)10-11-22-17-28(3)24(16-26(22)25)15-23(27(28)30-19(2)29)14-20-7-5-4-6-8-20/h4-8,14,18,21-22,24-27H,9-13,15-17H2,1-3H3/b23-14+/t18-,21+,22+,24-,25+,26+,27-,28-/m1/s1. The van der Waals surface area contributed by atoms with Gasteiger partial charge in [-0.25, -0.2) is 0 Å². The van der Waals surface area contributed by atoms with E-state index in [0.29, 0.717) is 5.92 Å². The van der Waals surface area contributed by atoms with Crippen molar-refractivity contribution in [3.05, 3.63) is 41.5 Å². The van der Waals surface area contributed by atoms with E-state index in [1.165, 1.54) is 56.1 Å². The van der Waals surface area contributed by atoms with Crippen LogP contribution in [-0.4, -0.2) is 12.1 Å². The Balaban J connectivity index is 1.44. The first-order valence-corrected chi connectivity index (χ1v) is 12.4. The van der Waals surface area contributed by atoms with Crippen LogP contribution in [0, 0.1) is 40.9 Å². The highest BCUT2D eigenvalue weighted by molar-refractivity contribution is 5.67. The second kappa shape index (κ2) is 7.84. The SMILES string of the molecule is CC(=O)O[C@@H]1/C(=C/c2ccccc2)C[C@@H]2C[C@H]3[C@@H](CC[C@H]4C[C@H](C)CC[C@@H]43)C[C@]21C. The minimum absolute atomic E-state index is 0.0507. The number of benzene rings is 1. The summed E-state index contributed by atoms with van der Waals surface area (Å²) < 4.78 is 6.06. The number of carbonyl (C=O) groups excluding carboxylic acids is 1. The second-order valence-electron chi connectivity index (χ2n) is 11.3. The van der Waals surface area contributed by atoms with Crippen LogP contribution in [-0.2, 0) is 9.53 Å². The minimum Gasteiger partial charge on any atom is -0.457 e. The Hall–Kier alpha value is -1.57. The Bertz CT molecular complexity index is 811. The van der Waals surface area contributed by atoms with E-state index in [0.717, 1.165) is 36.0 Å². The van der Waals surface area contributed by atoms with Gasteiger partial charge in [0.2, 0.25) is 0 Å². The maximum absolute atomic E-state index is 12.1. The van der Waals surface area contributed by atoms with E-state index in [2.05, 4.69) is 50.3 Å². The van der Waals surface area contributed by atoms with Gasteiger partial charge in [0.15, 0.2) is 0 Å². The Morgan fingerprint density at radius 1 is 1.03 bits per heavy atom. The van der Waals surface area contributed by atoms with Crippen molar-refractivity contribution in [1.29, 1.82) is 0 Å². The van der Waals surface area contributed by atoms with Gasteiger partial charge in [-0.15, -0.1) is 0 Å². The van der Waals surface area contributed by atoms with Gasteiger partial charge in [0.25, 0.3) is 0 Å². The van der Waals surface area contributed by atoms with Crippen LogP contribution in [0.1, 0.15) is 77.7 Å². The number of carbonyl (C=O) groups is 1. The number of fused-ring (bicyclic) bond motifs is 4. The van der Waals surface area contributed by atoms with Gasteiger partial charge < -0.3 is 4.74 Å². The summed E-state index contributed by atoms with van der Waals surface area (Å²) in [5.41, 5.74) is 2.67. The first-order valence-electron chi connectivity index (χ1n) is 12.4. The second-order valence-corrected chi connectivity index (χ2v) is 11.3. The van der Waals surface area contributed by atoms with Crippen molar-refractivity contribution < 1.29 is 9.53 Å². The van der Waals surface area contributed by atoms with Crippen molar-refractivity contribution >= 4 is 12.0 Å². The molecule has 0 saturated heterocycles. The van der Waals surface area contributed by atoms with Crippen LogP contribution >= 0.6 is 0 Å². The zero-order chi connectivity index (χ0) is 20.9. The molecule has 0 heterocycles. The van der Waals surface area contributed by atoms with Crippen molar-refractivity contribution in [2.75, 3.05) is 0 Å². The molecule has 0 unspecified atom stereocenters. The summed E-state index contributed by atoms with van der Waals surface area (Å²) in [6.07, 6.45) is 13.1. The minimum atomic E-state index is -0.132. The summed E-state index contributed by atoms with van der Waals surface area (Å²) in [4.78, 5) is 12.1. The Labute approximate surface area is 182 Å². The third-order valence-corrected chi connectivity index (χ3v) is 9.41. The number of ether oxygens (including phenoxy) is 1. The average molecular weight is 407 g/mol. The van der Waals surface area contributed by atoms with Crippen LogP contribution in [0.25, 0.3) is 6.08 Å². The Morgan fingerprint density at radius 2 is 1.80 bits per heavy atom. The summed E-state index contributed by atoms with van der Waals surface area (Å²) >= 11 is 0. The molecule has 5 rings (SSSR count). The predicted octanol–water partition coefficient (Wildman–Crippen LogP) is 6.90. The molecular weight excluding hydrogens is 368 g/mol. The van der Waals surface area contributed by atoms with Crippen molar-refractivity contribution in [3.63, 3.8) is 0 Å². The van der Waals surface area contributed by atoms with Crippen LogP contribution in [0.3, 0.4) is 0 Å². The lowest BCUT2D eigenvalue weighted by Crippen LogP contribution is -2.49. The fourth-order valence-electron chi connectivity index (χ4n) is 8.09. The summed E-state index contributed by atoms with van der Waals surface area (Å²) in [6.45, 7) is 6.47. The van der Waals surface area contributed by atoms with Crippen molar-refractivity contribution in [2.45, 2.75) is 78.2 Å². The van der Waals surface area contributed by atoms with E-state index in [1.807, 2.05) is 0 Å². The molecule has 4 aliphatic rings. The molecule has 2 nitrogen and oxygen atoms in total. The van der Waals surface area contributed by atoms with Crippen LogP contribution in [0.2, 0.25) is 0 Å². The van der Waals surface area contributed by atoms with Crippen LogP contribution in [0.15, 0.2) is 35.9 Å². The van der Waals surface area contributed by atoms with E-state index in [1.54, 1.807) is 6.92 Å². The monoisotopic (exact) mass is 406 g/mol. The van der Waals surface area contributed by atoms with Gasteiger partial charge in [-0.1, -0.05) is 56.7 Å². The average Bonchev–Trinajstić information content (AvgIpc) is 2.97. The Kier molecular flexibility index (Phi) is 5.32. The molecule has 0 bridgehead atoms. The third kappa shape index (κ3) is 3.55. The van der Waals surface area contributed by atoms with E-state index >= 15 is 0 Å². The first-order chi connectivity index (χ1) is 14.4. The fourth-order valence-corrected chi connectivity index (χ4v) is 8.09. The fraction of sp³-hybridized carbons (Fsp3) is 0.679. The van der Waals surface area contributed by atoms with Gasteiger partial charge >= 0.3 is 5.97 Å². The van der Waals surface area contributed by atoms with Crippen LogP contribution in [0.4, 0.5) is 0 Å². The highest BCUT2D eigenvalue weighted by Gasteiger charge is 2.58. The molecule has 0 spiro atoms. The lowest BCUT2D eigenvalue weighted by molar-refractivity contribution is -0.154. The molecule has 1 aromatic rings. The van der Waals surface area contributed by atoms with Gasteiger partial charge in [-0.2, -0.15) is 0 Å². The predicted molar refractivity (Wildman–Crippen MR) is 122 cm³/mol. The lowest BCUT2D eigenvalue weighted by atomic mass is 9.51. The summed E-state index contributed by atoms with van der Waals surface area (Å²) in [5.74, 6) is 5.11. The van der Waals surface area contributed by atoms with Crippen molar-refractivity contribution in [2.24, 2.45) is 40.9 Å². The number of hydrogen-bond acceptors (Lipinski definition) is 2. The third-order valence-electron chi connectivity index (χ3n) is 9.41. The number of hydrogen-bond donors (Lipinski definition) is 0. The molecular formula is C28H38O2. The molecule has 0 radical (unpaired) electrons. The van der Waals surface area contributed by atoms with Gasteiger partial charge in [0.1, 0.15) is 6.10 Å². The molecule has 1 aromatic carbocycles. The maximum Gasteiger partial charge on any atom is 0.303 e. The van der Waals surface area contributed by atoms with E-state index in [-0.39, 0.29) is 17.5 Å². The molecule has 0 aromatic heterocycles. The molecule has 0 amide bonds. The maximum atomic E-state index is 12.1. The van der Waals surface area contributed by atoms with E-state index < -0.39 is 0 Å². The highest BCUT2D eigenvalue weighted by atomic mass is 16.5. The molecule has 0 N–H and O–H groups in total. The first kappa shape index (κ1) is 20.3. The quantitative estimate of drug-likeness (QED) is 0.499. The molecule has 30 heavy (non-hydrogen) atoms. The highest BCUT2D eigenvalue weighted by Crippen LogP contribution is 2.63. The number of esters is 1. The van der Waals surface area contributed by atoms with E-state index in [9.17, 15) is 4.79 Å². The zero-order valence-corrected chi connectivity index (χ0v) is 19.0. The topological polar surface area (TPSA) is 26.3 Å². The largest absolute Gasteiger partial charge is 0.457 e. The molecule has 4 aliphatic carbocycles. The number of rotatable bonds is 2. The summed E-state index contributed by atoms with van der Waals surface area (Å²) in [7, 11) is 0. The summed E-state index contributed by atoms with van der Waals surface area (Å²) in [6, 6.07) is 10.6.